The molecule has 0 saturated carbocycles. The van der Waals surface area contributed by atoms with Gasteiger partial charge in [-0.25, -0.2) is 8.42 Å². The molecule has 0 aromatic rings. The van der Waals surface area contributed by atoms with Crippen LogP contribution in [0.2, 0.25) is 0 Å². The molecule has 0 aliphatic heterocycles. The Labute approximate surface area is 72.2 Å². The largest absolute Gasteiger partial charge is 0.535 e. The minimum atomic E-state index is -5.62. The maximum Gasteiger partial charge on any atom is 0.480 e. The highest BCUT2D eigenvalue weighted by Gasteiger charge is 2.39. The van der Waals surface area contributed by atoms with Gasteiger partial charge in [-0.2, -0.15) is 13.2 Å². The van der Waals surface area contributed by atoms with Crippen LogP contribution in [0.3, 0.4) is 0 Å². The molecule has 9 heteroatoms. The van der Waals surface area contributed by atoms with E-state index in [1.165, 1.54) is 0 Å². The first-order chi connectivity index (χ1) is 5.74. The van der Waals surface area contributed by atoms with Gasteiger partial charge in [-0.3, -0.25) is 0 Å². The zero-order chi connectivity index (χ0) is 10.7. The summed E-state index contributed by atoms with van der Waals surface area (Å²) >= 11 is 0. The molecule has 13 heavy (non-hydrogen) atoms. The van der Waals surface area contributed by atoms with Gasteiger partial charge in [-0.15, -0.1) is 0 Å². The molecule has 0 heterocycles. The van der Waals surface area contributed by atoms with Crippen LogP contribution in [0.5, 0.6) is 0 Å². The topological polar surface area (TPSA) is 88.7 Å². The summed E-state index contributed by atoms with van der Waals surface area (Å²) in [5.41, 5.74) is -5.49. The second kappa shape index (κ2) is 4.22. The summed E-state index contributed by atoms with van der Waals surface area (Å²) in [5.74, 6) is 0. The van der Waals surface area contributed by atoms with Crippen molar-refractivity contribution in [2.75, 3.05) is 13.2 Å². The second-order valence-electron chi connectivity index (χ2n) is 2.05. The molecule has 2 N–H and O–H groups in total. The van der Waals surface area contributed by atoms with Gasteiger partial charge in [0.05, 0.1) is 0 Å². The second-order valence-corrected chi connectivity index (χ2v) is 3.67. The molecule has 0 spiro atoms. The standard InChI is InChI=1S/C4H7F3NO4S/c5-4(6,7)13(11,12)8-3(1-9)2-10/h3,9-10H,1-2H2/q-1. The van der Waals surface area contributed by atoms with E-state index in [9.17, 15) is 21.6 Å². The number of nitrogens with zero attached hydrogens (tertiary/aromatic N) is 1. The van der Waals surface area contributed by atoms with Crippen LogP contribution < -0.4 is 0 Å². The summed E-state index contributed by atoms with van der Waals surface area (Å²) < 4.78 is 57.7. The maximum absolute atomic E-state index is 11.6. The number of hydrogen-bond acceptors (Lipinski definition) is 4. The highest BCUT2D eigenvalue weighted by molar-refractivity contribution is 7.94. The molecule has 0 atom stereocenters. The van der Waals surface area contributed by atoms with Crippen molar-refractivity contribution in [1.29, 1.82) is 0 Å². The fourth-order valence-corrected chi connectivity index (χ4v) is 1.03. The van der Waals surface area contributed by atoms with E-state index in [0.717, 1.165) is 0 Å². The smallest absolute Gasteiger partial charge is 0.480 e. The van der Waals surface area contributed by atoms with Crippen LogP contribution in [-0.2, 0) is 10.0 Å². The van der Waals surface area contributed by atoms with Crippen molar-refractivity contribution in [2.45, 2.75) is 11.6 Å². The van der Waals surface area contributed by atoms with E-state index < -0.39 is 34.8 Å². The van der Waals surface area contributed by atoms with E-state index >= 15 is 0 Å². The summed E-state index contributed by atoms with van der Waals surface area (Å²) in [4.78, 5) is 0. The van der Waals surface area contributed by atoms with Gasteiger partial charge >= 0.3 is 5.51 Å². The lowest BCUT2D eigenvalue weighted by Gasteiger charge is -2.28. The van der Waals surface area contributed by atoms with Gasteiger partial charge in [-0.05, 0) is 0 Å². The van der Waals surface area contributed by atoms with Crippen LogP contribution in [0, 0.1) is 0 Å². The molecule has 0 rings (SSSR count). The average molecular weight is 222 g/mol. The van der Waals surface area contributed by atoms with E-state index in [1.54, 1.807) is 0 Å². The summed E-state index contributed by atoms with van der Waals surface area (Å²) in [6, 6.07) is -1.66. The molecule has 0 aliphatic rings. The third-order valence-corrected chi connectivity index (χ3v) is 2.16. The predicted octanol–water partition coefficient (Wildman–Crippen LogP) is -0.437. The summed E-state index contributed by atoms with van der Waals surface area (Å²) in [6.45, 7) is -1.93. The summed E-state index contributed by atoms with van der Waals surface area (Å²) in [7, 11) is -5.62. The van der Waals surface area contributed by atoms with Gasteiger partial charge < -0.3 is 14.9 Å². The van der Waals surface area contributed by atoms with E-state index in [1.807, 2.05) is 0 Å². The zero-order valence-electron chi connectivity index (χ0n) is 6.19. The Morgan fingerprint density at radius 2 is 1.62 bits per heavy atom. The Kier molecular flexibility index (Phi) is 4.10. The molecule has 0 aliphatic carbocycles. The van der Waals surface area contributed by atoms with Crippen molar-refractivity contribution in [3.63, 3.8) is 0 Å². The Hall–Kier alpha value is -0.380. The van der Waals surface area contributed by atoms with Crippen LogP contribution >= 0.6 is 0 Å². The van der Waals surface area contributed by atoms with Gasteiger partial charge in [-0.1, -0.05) is 6.04 Å². The number of halogens is 3. The molecule has 0 bridgehead atoms. The van der Waals surface area contributed by atoms with Gasteiger partial charge in [0.25, 0.3) is 0 Å². The molecule has 0 amide bonds. The molecule has 0 radical (unpaired) electrons. The van der Waals surface area contributed by atoms with Crippen molar-refractivity contribution in [2.24, 2.45) is 0 Å². The first kappa shape index (κ1) is 12.6. The number of sulfonamides is 1. The molecular formula is C4H7F3NO4S-. The lowest BCUT2D eigenvalue weighted by molar-refractivity contribution is -0.0429. The monoisotopic (exact) mass is 222 g/mol. The van der Waals surface area contributed by atoms with Crippen LogP contribution in [-0.4, -0.2) is 43.4 Å². The number of aliphatic hydroxyl groups excluding tert-OH is 2. The SMILES string of the molecule is O=S(=O)([N-]C(CO)CO)C(F)(F)F. The predicted molar refractivity (Wildman–Crippen MR) is 36.3 cm³/mol. The Morgan fingerprint density at radius 1 is 1.23 bits per heavy atom. The quantitative estimate of drug-likeness (QED) is 0.675. The van der Waals surface area contributed by atoms with Crippen molar-refractivity contribution in [1.82, 2.24) is 0 Å². The van der Waals surface area contributed by atoms with Crippen LogP contribution in [0.1, 0.15) is 0 Å². The summed E-state index contributed by atoms with van der Waals surface area (Å²) in [5, 5.41) is 16.5. The molecule has 0 aromatic heterocycles. The summed E-state index contributed by atoms with van der Waals surface area (Å²) in [6.07, 6.45) is 0. The Morgan fingerprint density at radius 3 is 1.85 bits per heavy atom. The van der Waals surface area contributed by atoms with Crippen LogP contribution in [0.15, 0.2) is 0 Å². The fourth-order valence-electron chi connectivity index (χ4n) is 0.380. The fraction of sp³-hybridized carbons (Fsp3) is 1.00. The molecule has 0 aromatic carbocycles. The van der Waals surface area contributed by atoms with Gasteiger partial charge in [0, 0.05) is 13.2 Å². The van der Waals surface area contributed by atoms with Gasteiger partial charge in [0.1, 0.15) is 0 Å². The lowest BCUT2D eigenvalue weighted by Crippen LogP contribution is -2.28. The van der Waals surface area contributed by atoms with E-state index in [-0.39, 0.29) is 0 Å². The van der Waals surface area contributed by atoms with Gasteiger partial charge in [0.2, 0.25) is 0 Å². The van der Waals surface area contributed by atoms with Crippen LogP contribution in [0.4, 0.5) is 13.2 Å². The minimum Gasteiger partial charge on any atom is -0.535 e. The van der Waals surface area contributed by atoms with E-state index in [4.69, 9.17) is 10.2 Å². The number of alkyl halides is 3. The molecule has 5 nitrogen and oxygen atoms in total. The first-order valence-corrected chi connectivity index (χ1v) is 4.43. The highest BCUT2D eigenvalue weighted by Crippen LogP contribution is 2.28. The normalized spacial score (nSPS) is 13.7. The number of rotatable bonds is 4. The Bertz CT molecular complexity index is 245. The molecule has 0 saturated heterocycles. The molecular weight excluding hydrogens is 215 g/mol. The highest BCUT2D eigenvalue weighted by atomic mass is 32.2. The Balaban J connectivity index is 4.52. The maximum atomic E-state index is 11.6. The van der Waals surface area contributed by atoms with Crippen LogP contribution in [0.25, 0.3) is 4.72 Å². The van der Waals surface area contributed by atoms with Crippen molar-refractivity contribution in [3.05, 3.63) is 4.72 Å². The zero-order valence-corrected chi connectivity index (χ0v) is 7.01. The molecule has 0 unspecified atom stereocenters. The number of hydrogen-bond donors (Lipinski definition) is 2. The first-order valence-electron chi connectivity index (χ1n) is 2.99. The molecule has 80 valence electrons. The lowest BCUT2D eigenvalue weighted by atomic mass is 10.4. The van der Waals surface area contributed by atoms with E-state index in [2.05, 4.69) is 4.72 Å². The van der Waals surface area contributed by atoms with Crippen molar-refractivity contribution < 1.29 is 31.8 Å². The van der Waals surface area contributed by atoms with E-state index in [0.29, 0.717) is 0 Å². The van der Waals surface area contributed by atoms with Gasteiger partial charge in [0.15, 0.2) is 10.0 Å². The molecule has 0 fully saturated rings. The van der Waals surface area contributed by atoms with Crippen molar-refractivity contribution in [3.8, 4) is 0 Å². The third kappa shape index (κ3) is 3.46. The number of aliphatic hydroxyl groups is 2. The average Bonchev–Trinajstić information content (AvgIpc) is 1.98. The van der Waals surface area contributed by atoms with Crippen molar-refractivity contribution >= 4 is 10.0 Å². The minimum absolute atomic E-state index is 0.966. The third-order valence-electron chi connectivity index (χ3n) is 1.00.